The minimum absolute atomic E-state index is 0.0140. The number of aliphatic hydroxyl groups excluding tert-OH is 1. The van der Waals surface area contributed by atoms with Crippen molar-refractivity contribution in [2.75, 3.05) is 18.5 Å². The van der Waals surface area contributed by atoms with E-state index in [9.17, 15) is 14.7 Å². The summed E-state index contributed by atoms with van der Waals surface area (Å²) in [5.41, 5.74) is 1.13. The van der Waals surface area contributed by atoms with Gasteiger partial charge in [-0.1, -0.05) is 13.3 Å². The number of hydrogen-bond donors (Lipinski definition) is 2. The van der Waals surface area contributed by atoms with Crippen molar-refractivity contribution < 1.29 is 14.6 Å². The maximum absolute atomic E-state index is 13.3. The Kier molecular flexibility index (Phi) is 5.40. The highest BCUT2D eigenvalue weighted by atomic mass is 16.5. The molecular formula is C21H28N4O4. The Hall–Kier alpha value is -2.32. The van der Waals surface area contributed by atoms with E-state index in [1.807, 2.05) is 0 Å². The number of carbonyl (C=O) groups is 1. The largest absolute Gasteiger partial charge is 0.389 e. The van der Waals surface area contributed by atoms with E-state index < -0.39 is 6.10 Å². The van der Waals surface area contributed by atoms with Gasteiger partial charge in [0.2, 0.25) is 5.95 Å². The lowest BCUT2D eigenvalue weighted by Gasteiger charge is -2.28. The number of carbonyl (C=O) groups excluding carboxylic acids is 1. The van der Waals surface area contributed by atoms with Crippen LogP contribution in [-0.4, -0.2) is 50.8 Å². The van der Waals surface area contributed by atoms with Crippen molar-refractivity contribution in [1.82, 2.24) is 14.5 Å². The first-order valence-corrected chi connectivity index (χ1v) is 10.3. The van der Waals surface area contributed by atoms with Gasteiger partial charge in [-0.2, -0.15) is 4.98 Å². The lowest BCUT2D eigenvalue weighted by atomic mass is 10.0. The van der Waals surface area contributed by atoms with Crippen molar-refractivity contribution >= 4 is 22.8 Å². The molecule has 2 N–H and O–H groups in total. The van der Waals surface area contributed by atoms with Gasteiger partial charge in [-0.15, -0.1) is 0 Å². The number of fused-ring (bicyclic) bond motifs is 1. The highest BCUT2D eigenvalue weighted by Gasteiger charge is 2.31. The van der Waals surface area contributed by atoms with Crippen molar-refractivity contribution in [2.24, 2.45) is 5.92 Å². The molecule has 1 aliphatic heterocycles. The van der Waals surface area contributed by atoms with Gasteiger partial charge in [0.05, 0.1) is 24.3 Å². The number of aliphatic hydroxyl groups is 1. The van der Waals surface area contributed by atoms with E-state index in [1.165, 1.54) is 6.92 Å². The topological polar surface area (TPSA) is 106 Å². The molecule has 0 radical (unpaired) electrons. The summed E-state index contributed by atoms with van der Waals surface area (Å²) in [6, 6.07) is -0.190. The number of Topliss-reactive ketones (excluding diaryl/α,β-unsaturated/α-hetero) is 1. The summed E-state index contributed by atoms with van der Waals surface area (Å²) in [7, 11) is 0. The van der Waals surface area contributed by atoms with E-state index in [0.717, 1.165) is 19.3 Å². The molecule has 2 aliphatic rings. The second-order valence-electron chi connectivity index (χ2n) is 8.32. The Morgan fingerprint density at radius 1 is 1.34 bits per heavy atom. The molecule has 4 atom stereocenters. The van der Waals surface area contributed by atoms with Crippen LogP contribution in [0.2, 0.25) is 0 Å². The van der Waals surface area contributed by atoms with Gasteiger partial charge in [-0.3, -0.25) is 14.2 Å². The molecule has 0 unspecified atom stereocenters. The molecule has 1 saturated heterocycles. The van der Waals surface area contributed by atoms with Crippen LogP contribution in [0.1, 0.15) is 61.5 Å². The molecule has 0 aromatic carbocycles. The molecule has 8 nitrogen and oxygen atoms in total. The van der Waals surface area contributed by atoms with E-state index in [1.54, 1.807) is 17.7 Å². The number of hydrogen-bond acceptors (Lipinski definition) is 7. The third kappa shape index (κ3) is 3.55. The normalized spacial score (nSPS) is 27.3. The van der Waals surface area contributed by atoms with Crippen LogP contribution >= 0.6 is 0 Å². The SMILES string of the molecule is CC(=O)c1c(C)c2cnc(N[C@@H]3CCOC[C@@H]3O)nc2n([C@H]2CCC[C@H]2C)c1=O. The van der Waals surface area contributed by atoms with Crippen LogP contribution in [0.5, 0.6) is 0 Å². The van der Waals surface area contributed by atoms with Crippen molar-refractivity contribution in [2.45, 2.75) is 64.6 Å². The third-order valence-corrected chi connectivity index (χ3v) is 6.35. The summed E-state index contributed by atoms with van der Waals surface area (Å²) in [4.78, 5) is 34.7. The number of ketones is 1. The molecule has 3 heterocycles. The average Bonchev–Trinajstić information content (AvgIpc) is 3.09. The van der Waals surface area contributed by atoms with E-state index >= 15 is 0 Å². The van der Waals surface area contributed by atoms with E-state index in [2.05, 4.69) is 22.2 Å². The van der Waals surface area contributed by atoms with Crippen molar-refractivity contribution in [1.29, 1.82) is 0 Å². The molecule has 2 aromatic rings. The fourth-order valence-corrected chi connectivity index (χ4v) is 4.69. The number of ether oxygens (including phenoxy) is 1. The smallest absolute Gasteiger partial charge is 0.263 e. The molecular weight excluding hydrogens is 372 g/mol. The van der Waals surface area contributed by atoms with Gasteiger partial charge in [-0.05, 0) is 44.6 Å². The third-order valence-electron chi connectivity index (χ3n) is 6.35. The van der Waals surface area contributed by atoms with E-state index in [4.69, 9.17) is 4.74 Å². The van der Waals surface area contributed by atoms with E-state index in [0.29, 0.717) is 41.5 Å². The summed E-state index contributed by atoms with van der Waals surface area (Å²) in [5.74, 6) is 0.473. The van der Waals surface area contributed by atoms with Crippen molar-refractivity contribution in [3.8, 4) is 0 Å². The molecule has 1 aliphatic carbocycles. The summed E-state index contributed by atoms with van der Waals surface area (Å²) >= 11 is 0. The Labute approximate surface area is 169 Å². The molecule has 2 aromatic heterocycles. The van der Waals surface area contributed by atoms with Gasteiger partial charge >= 0.3 is 0 Å². The van der Waals surface area contributed by atoms with Crippen LogP contribution in [-0.2, 0) is 4.74 Å². The highest BCUT2D eigenvalue weighted by molar-refractivity contribution is 5.99. The first-order chi connectivity index (χ1) is 13.9. The van der Waals surface area contributed by atoms with Gasteiger partial charge in [0.25, 0.3) is 5.56 Å². The monoisotopic (exact) mass is 400 g/mol. The quantitative estimate of drug-likeness (QED) is 0.758. The number of anilines is 1. The highest BCUT2D eigenvalue weighted by Crippen LogP contribution is 2.36. The number of nitrogens with zero attached hydrogens (tertiary/aromatic N) is 3. The van der Waals surface area contributed by atoms with Crippen LogP contribution in [0.25, 0.3) is 11.0 Å². The van der Waals surface area contributed by atoms with Crippen LogP contribution < -0.4 is 10.9 Å². The summed E-state index contributed by atoms with van der Waals surface area (Å²) < 4.78 is 6.99. The second kappa shape index (κ2) is 7.84. The van der Waals surface area contributed by atoms with Crippen LogP contribution in [0, 0.1) is 12.8 Å². The fraction of sp³-hybridized carbons (Fsp3) is 0.619. The zero-order valence-electron chi connectivity index (χ0n) is 17.1. The van der Waals surface area contributed by atoms with Gasteiger partial charge in [0, 0.05) is 24.2 Å². The first-order valence-electron chi connectivity index (χ1n) is 10.3. The van der Waals surface area contributed by atoms with Crippen LogP contribution in [0.15, 0.2) is 11.0 Å². The zero-order valence-corrected chi connectivity index (χ0v) is 17.1. The Balaban J connectivity index is 1.86. The second-order valence-corrected chi connectivity index (χ2v) is 8.32. The minimum Gasteiger partial charge on any atom is -0.389 e. The summed E-state index contributed by atoms with van der Waals surface area (Å²) in [5, 5.41) is 14.1. The van der Waals surface area contributed by atoms with E-state index in [-0.39, 0.29) is 35.6 Å². The molecule has 156 valence electrons. The Morgan fingerprint density at radius 2 is 2.14 bits per heavy atom. The van der Waals surface area contributed by atoms with Gasteiger partial charge in [0.15, 0.2) is 5.78 Å². The van der Waals surface area contributed by atoms with Gasteiger partial charge < -0.3 is 15.2 Å². The number of aryl methyl sites for hydroxylation is 1. The predicted octanol–water partition coefficient (Wildman–Crippen LogP) is 2.23. The maximum atomic E-state index is 13.3. The molecule has 4 rings (SSSR count). The summed E-state index contributed by atoms with van der Waals surface area (Å²) in [6.45, 7) is 6.19. The Bertz CT molecular complexity index is 1000. The number of pyridine rings is 1. The summed E-state index contributed by atoms with van der Waals surface area (Å²) in [6.07, 6.45) is 4.68. The zero-order chi connectivity index (χ0) is 20.7. The van der Waals surface area contributed by atoms with Crippen molar-refractivity contribution in [3.63, 3.8) is 0 Å². The number of aromatic nitrogens is 3. The molecule has 29 heavy (non-hydrogen) atoms. The molecule has 0 bridgehead atoms. The molecule has 8 heteroatoms. The number of nitrogens with one attached hydrogen (secondary N) is 1. The van der Waals surface area contributed by atoms with Gasteiger partial charge in [-0.25, -0.2) is 4.98 Å². The average molecular weight is 400 g/mol. The maximum Gasteiger partial charge on any atom is 0.263 e. The minimum atomic E-state index is -0.637. The standard InChI is InChI=1S/C21H28N4O4/c1-11-5-4-6-16(11)25-19-14(12(2)18(13(3)26)20(25)28)9-22-21(24-19)23-15-7-8-29-10-17(15)27/h9,11,15-17,27H,4-8,10H2,1-3H3,(H,22,23,24)/t11-,15-,16+,17+/m1/s1. The van der Waals surface area contributed by atoms with Crippen molar-refractivity contribution in [3.05, 3.63) is 27.7 Å². The molecule has 1 saturated carbocycles. The lowest BCUT2D eigenvalue weighted by Crippen LogP contribution is -2.42. The number of rotatable bonds is 4. The van der Waals surface area contributed by atoms with Gasteiger partial charge in [0.1, 0.15) is 5.65 Å². The van der Waals surface area contributed by atoms with Crippen LogP contribution in [0.4, 0.5) is 5.95 Å². The first kappa shape index (κ1) is 20.0. The lowest BCUT2D eigenvalue weighted by molar-refractivity contribution is -0.0136. The Morgan fingerprint density at radius 3 is 2.79 bits per heavy atom. The predicted molar refractivity (Wildman–Crippen MR) is 109 cm³/mol. The molecule has 0 amide bonds. The molecule has 0 spiro atoms. The van der Waals surface area contributed by atoms with Crippen LogP contribution in [0.3, 0.4) is 0 Å². The molecule has 2 fully saturated rings. The fourth-order valence-electron chi connectivity index (χ4n) is 4.69.